The van der Waals surface area contributed by atoms with Crippen LogP contribution < -0.4 is 0 Å². The van der Waals surface area contributed by atoms with Crippen LogP contribution in [0.5, 0.6) is 5.75 Å². The van der Waals surface area contributed by atoms with Gasteiger partial charge in [0.05, 0.1) is 10.5 Å². The Morgan fingerprint density at radius 3 is 2.50 bits per heavy atom. The first-order valence-electron chi connectivity index (χ1n) is 3.06. The van der Waals surface area contributed by atoms with E-state index in [0.29, 0.717) is 5.56 Å². The summed E-state index contributed by atoms with van der Waals surface area (Å²) in [5.74, 6) is -0.0424. The molecule has 0 aliphatic carbocycles. The Hall–Kier alpha value is -0.645. The molecule has 12 heavy (non-hydrogen) atoms. The number of aromatic hydroxyl groups is 1. The van der Waals surface area contributed by atoms with Gasteiger partial charge in [-0.3, -0.25) is 10.1 Å². The average Bonchev–Trinajstić information content (AvgIpc) is 1.94. The van der Waals surface area contributed by atoms with Gasteiger partial charge in [-0.15, -0.1) is 0 Å². The van der Waals surface area contributed by atoms with Crippen LogP contribution in [0.25, 0.3) is 0 Å². The first-order valence-corrected chi connectivity index (χ1v) is 3.06. The van der Waals surface area contributed by atoms with Crippen molar-refractivity contribution in [2.24, 2.45) is 0 Å². The first kappa shape index (κ1) is 11.4. The topological polar surface area (TPSA) is 63.4 Å². The molecule has 0 saturated carbocycles. The van der Waals surface area contributed by atoms with Crippen LogP contribution in [0, 0.1) is 17.0 Å². The van der Waals surface area contributed by atoms with Crippen LogP contribution in [0.15, 0.2) is 18.2 Å². The summed E-state index contributed by atoms with van der Waals surface area (Å²) in [6, 6.07) is 4.22. The van der Waals surface area contributed by atoms with Gasteiger partial charge in [0.1, 0.15) is 5.75 Å². The van der Waals surface area contributed by atoms with E-state index in [9.17, 15) is 10.1 Å². The quantitative estimate of drug-likeness (QED) is 0.474. The van der Waals surface area contributed by atoms with E-state index < -0.39 is 4.92 Å². The fourth-order valence-corrected chi connectivity index (χ4v) is 0.809. The maximum absolute atomic E-state index is 10.3. The molecule has 0 spiro atoms. The Bertz CT molecular complexity index is 301. The molecule has 0 saturated heterocycles. The second-order valence-corrected chi connectivity index (χ2v) is 2.18. The number of nitro benzene ring substituents is 1. The van der Waals surface area contributed by atoms with E-state index in [0.717, 1.165) is 0 Å². The number of phenolic OH excluding ortho intramolecular Hbond substituents is 1. The first-order chi connectivity index (χ1) is 5.13. The molecule has 0 aliphatic rings. The van der Waals surface area contributed by atoms with E-state index in [4.69, 9.17) is 5.11 Å². The molecule has 4 nitrogen and oxygen atoms in total. The number of phenols is 1. The summed E-state index contributed by atoms with van der Waals surface area (Å²) in [5, 5.41) is 19.3. The molecule has 1 N–H and O–H groups in total. The molecule has 60 valence electrons. The Balaban J connectivity index is 0.00000121. The van der Waals surface area contributed by atoms with E-state index in [1.807, 2.05) is 0 Å². The van der Waals surface area contributed by atoms with Crippen molar-refractivity contribution >= 4 is 5.69 Å². The Morgan fingerprint density at radius 2 is 2.08 bits per heavy atom. The molecule has 0 fully saturated rings. The number of nitrogens with zero attached hydrogens (tertiary/aromatic N) is 1. The largest absolute Gasteiger partial charge is 0.507 e. The van der Waals surface area contributed by atoms with Gasteiger partial charge >= 0.3 is 0 Å². The van der Waals surface area contributed by atoms with Gasteiger partial charge in [0.15, 0.2) is 0 Å². The minimum absolute atomic E-state index is 0. The summed E-state index contributed by atoms with van der Waals surface area (Å²) < 4.78 is 0. The molecule has 1 aromatic rings. The van der Waals surface area contributed by atoms with Crippen molar-refractivity contribution < 1.29 is 37.7 Å². The summed E-state index contributed by atoms with van der Waals surface area (Å²) in [7, 11) is 0. The molecule has 0 heterocycles. The van der Waals surface area contributed by atoms with E-state index >= 15 is 0 Å². The third-order valence-corrected chi connectivity index (χ3v) is 1.47. The standard InChI is InChI=1S/C7H7NO3.Hg/c1-5-6(8(10)11)3-2-4-7(5)9;/h2-4,9H,1H3;. The molecule has 5 heteroatoms. The van der Waals surface area contributed by atoms with Crippen LogP contribution in [-0.4, -0.2) is 10.0 Å². The number of rotatable bonds is 1. The third-order valence-electron chi connectivity index (χ3n) is 1.47. The fraction of sp³-hybridized carbons (Fsp3) is 0.143. The third kappa shape index (κ3) is 2.17. The van der Waals surface area contributed by atoms with Crippen molar-refractivity contribution in [3.8, 4) is 5.75 Å². The van der Waals surface area contributed by atoms with Crippen molar-refractivity contribution in [3.63, 3.8) is 0 Å². The summed E-state index contributed by atoms with van der Waals surface area (Å²) in [5.41, 5.74) is 0.252. The Kier molecular flexibility index (Phi) is 4.16. The van der Waals surface area contributed by atoms with Gasteiger partial charge in [0, 0.05) is 33.7 Å². The van der Waals surface area contributed by atoms with Crippen molar-refractivity contribution in [1.29, 1.82) is 0 Å². The zero-order valence-electron chi connectivity index (χ0n) is 6.65. The normalized spacial score (nSPS) is 8.75. The predicted molar refractivity (Wildman–Crippen MR) is 39.5 cm³/mol. The monoisotopic (exact) mass is 355 g/mol. The van der Waals surface area contributed by atoms with Gasteiger partial charge in [-0.05, 0) is 13.0 Å². The zero-order valence-corrected chi connectivity index (χ0v) is 12.1. The summed E-state index contributed by atoms with van der Waals surface area (Å²) in [6.45, 7) is 1.51. The maximum Gasteiger partial charge on any atom is 0.275 e. The molecular formula is C7H7HgNO3. The average molecular weight is 354 g/mol. The molecule has 0 aromatic heterocycles. The molecule has 0 bridgehead atoms. The number of hydrogen-bond donors (Lipinski definition) is 1. The predicted octanol–water partition coefficient (Wildman–Crippen LogP) is 1.61. The summed E-state index contributed by atoms with van der Waals surface area (Å²) in [6.07, 6.45) is 0. The minimum atomic E-state index is -0.519. The molecule has 0 aliphatic heterocycles. The molecule has 1 rings (SSSR count). The van der Waals surface area contributed by atoms with Crippen LogP contribution in [-0.2, 0) is 27.7 Å². The van der Waals surface area contributed by atoms with Gasteiger partial charge in [0.25, 0.3) is 5.69 Å². The number of benzene rings is 1. The molecule has 1 aromatic carbocycles. The second-order valence-electron chi connectivity index (χ2n) is 2.18. The second kappa shape index (κ2) is 4.40. The van der Waals surface area contributed by atoms with Crippen LogP contribution in [0.4, 0.5) is 5.69 Å². The SMILES string of the molecule is Cc1c(O)cccc1[N+](=O)[O-].[Hg]. The number of nitro groups is 1. The van der Waals surface area contributed by atoms with Gasteiger partial charge < -0.3 is 5.11 Å². The fourth-order valence-electron chi connectivity index (χ4n) is 0.809. The van der Waals surface area contributed by atoms with Crippen molar-refractivity contribution in [2.75, 3.05) is 0 Å². The summed E-state index contributed by atoms with van der Waals surface area (Å²) >= 11 is 0. The molecule has 0 amide bonds. The van der Waals surface area contributed by atoms with Gasteiger partial charge in [0.2, 0.25) is 0 Å². The zero-order chi connectivity index (χ0) is 8.43. The van der Waals surface area contributed by atoms with E-state index in [-0.39, 0.29) is 39.1 Å². The van der Waals surface area contributed by atoms with E-state index in [2.05, 4.69) is 0 Å². The maximum atomic E-state index is 10.3. The smallest absolute Gasteiger partial charge is 0.275 e. The minimum Gasteiger partial charge on any atom is -0.507 e. The van der Waals surface area contributed by atoms with Crippen LogP contribution in [0.2, 0.25) is 0 Å². The van der Waals surface area contributed by atoms with Crippen molar-refractivity contribution in [1.82, 2.24) is 0 Å². The van der Waals surface area contributed by atoms with Gasteiger partial charge in [-0.1, -0.05) is 6.07 Å². The number of hydrogen-bond acceptors (Lipinski definition) is 3. The van der Waals surface area contributed by atoms with E-state index in [1.54, 1.807) is 0 Å². The van der Waals surface area contributed by atoms with Crippen molar-refractivity contribution in [2.45, 2.75) is 6.92 Å². The molecule has 0 atom stereocenters. The Morgan fingerprint density at radius 1 is 1.50 bits per heavy atom. The molecular weight excluding hydrogens is 347 g/mol. The molecule has 0 unspecified atom stereocenters. The Labute approximate surface area is 89.9 Å². The van der Waals surface area contributed by atoms with Gasteiger partial charge in [-0.2, -0.15) is 0 Å². The van der Waals surface area contributed by atoms with Crippen LogP contribution in [0.3, 0.4) is 0 Å². The van der Waals surface area contributed by atoms with Gasteiger partial charge in [-0.25, -0.2) is 0 Å². The van der Waals surface area contributed by atoms with Crippen molar-refractivity contribution in [3.05, 3.63) is 33.9 Å². The van der Waals surface area contributed by atoms with Crippen LogP contribution >= 0.6 is 0 Å². The molecule has 0 radical (unpaired) electrons. The van der Waals surface area contributed by atoms with Crippen LogP contribution in [0.1, 0.15) is 5.56 Å². The summed E-state index contributed by atoms with van der Waals surface area (Å²) in [4.78, 5) is 9.75. The van der Waals surface area contributed by atoms with E-state index in [1.165, 1.54) is 25.1 Å².